The van der Waals surface area contributed by atoms with Gasteiger partial charge in [0.05, 0.1) is 11.8 Å². The first kappa shape index (κ1) is 12.6. The first-order valence-electron chi connectivity index (χ1n) is 5.78. The van der Waals surface area contributed by atoms with E-state index in [-0.39, 0.29) is 5.56 Å². The number of aromatic nitrogens is 2. The third kappa shape index (κ3) is 2.72. The molecule has 0 atom stereocenters. The maximum atomic E-state index is 12.1. The highest BCUT2D eigenvalue weighted by molar-refractivity contribution is 7.80. The maximum absolute atomic E-state index is 12.1. The first-order chi connectivity index (χ1) is 8.24. The van der Waals surface area contributed by atoms with Crippen LogP contribution >= 0.6 is 24.0 Å². The molecule has 0 aliphatic heterocycles. The SMILES string of the molecule is Cc1csc2c(=O)n(CCCCCS)cnc12. The normalized spacial score (nSPS) is 11.2. The lowest BCUT2D eigenvalue weighted by molar-refractivity contribution is 0.586. The van der Waals surface area contributed by atoms with Crippen LogP contribution in [0.3, 0.4) is 0 Å². The van der Waals surface area contributed by atoms with Gasteiger partial charge in [-0.25, -0.2) is 4.98 Å². The Bertz CT molecular complexity index is 559. The van der Waals surface area contributed by atoms with Crippen LogP contribution in [0.4, 0.5) is 0 Å². The van der Waals surface area contributed by atoms with Crippen molar-refractivity contribution in [3.63, 3.8) is 0 Å². The standard InChI is InChI=1S/C12H16N2OS2/c1-9-7-17-11-10(9)13-8-14(12(11)15)5-3-2-4-6-16/h7-8,16H,2-6H2,1H3. The molecule has 92 valence electrons. The van der Waals surface area contributed by atoms with Crippen LogP contribution in [0.2, 0.25) is 0 Å². The molecule has 3 nitrogen and oxygen atoms in total. The molecule has 5 heteroatoms. The molecule has 2 aromatic rings. The van der Waals surface area contributed by atoms with Crippen LogP contribution < -0.4 is 5.56 Å². The molecule has 17 heavy (non-hydrogen) atoms. The van der Waals surface area contributed by atoms with Crippen molar-refractivity contribution in [2.45, 2.75) is 32.7 Å². The topological polar surface area (TPSA) is 34.9 Å². The summed E-state index contributed by atoms with van der Waals surface area (Å²) in [5.74, 6) is 0.913. The van der Waals surface area contributed by atoms with Crippen molar-refractivity contribution >= 4 is 34.2 Å². The molecule has 0 saturated heterocycles. The van der Waals surface area contributed by atoms with E-state index in [0.717, 1.165) is 47.3 Å². The van der Waals surface area contributed by atoms with Crippen LogP contribution in [0.1, 0.15) is 24.8 Å². The van der Waals surface area contributed by atoms with E-state index in [1.165, 1.54) is 11.3 Å². The summed E-state index contributed by atoms with van der Waals surface area (Å²) in [6, 6.07) is 0. The molecule has 0 aliphatic carbocycles. The minimum atomic E-state index is 0.0963. The molecule has 2 aromatic heterocycles. The van der Waals surface area contributed by atoms with Gasteiger partial charge in [-0.05, 0) is 36.5 Å². The zero-order chi connectivity index (χ0) is 12.3. The fourth-order valence-electron chi connectivity index (χ4n) is 1.79. The minimum Gasteiger partial charge on any atom is -0.298 e. The summed E-state index contributed by atoms with van der Waals surface area (Å²) in [7, 11) is 0. The molecule has 0 unspecified atom stereocenters. The lowest BCUT2D eigenvalue weighted by atomic mass is 10.2. The largest absolute Gasteiger partial charge is 0.298 e. The number of rotatable bonds is 5. The number of hydrogen-bond acceptors (Lipinski definition) is 4. The highest BCUT2D eigenvalue weighted by atomic mass is 32.1. The summed E-state index contributed by atoms with van der Waals surface area (Å²) >= 11 is 5.66. The Balaban J connectivity index is 2.18. The quantitative estimate of drug-likeness (QED) is 0.668. The van der Waals surface area contributed by atoms with Gasteiger partial charge in [0.1, 0.15) is 4.70 Å². The van der Waals surface area contributed by atoms with Crippen LogP contribution in [0, 0.1) is 6.92 Å². The van der Waals surface area contributed by atoms with Gasteiger partial charge >= 0.3 is 0 Å². The number of unbranched alkanes of at least 4 members (excludes halogenated alkanes) is 2. The van der Waals surface area contributed by atoms with Crippen LogP contribution in [-0.4, -0.2) is 15.3 Å². The Morgan fingerprint density at radius 2 is 2.24 bits per heavy atom. The Kier molecular flexibility index (Phi) is 4.23. The number of thiophene rings is 1. The van der Waals surface area contributed by atoms with Gasteiger partial charge < -0.3 is 0 Å². The number of thiol groups is 1. The molecule has 0 spiro atoms. The fraction of sp³-hybridized carbons (Fsp3) is 0.500. The van der Waals surface area contributed by atoms with E-state index in [2.05, 4.69) is 17.6 Å². The van der Waals surface area contributed by atoms with Crippen molar-refractivity contribution in [3.05, 3.63) is 27.6 Å². The second-order valence-electron chi connectivity index (χ2n) is 4.12. The zero-order valence-corrected chi connectivity index (χ0v) is 11.6. The lowest BCUT2D eigenvalue weighted by Crippen LogP contribution is -2.19. The smallest absolute Gasteiger partial charge is 0.271 e. The van der Waals surface area contributed by atoms with Crippen molar-refractivity contribution in [1.82, 2.24) is 9.55 Å². The summed E-state index contributed by atoms with van der Waals surface area (Å²) < 4.78 is 2.50. The van der Waals surface area contributed by atoms with Gasteiger partial charge in [-0.2, -0.15) is 12.6 Å². The van der Waals surface area contributed by atoms with Crippen molar-refractivity contribution < 1.29 is 0 Å². The van der Waals surface area contributed by atoms with E-state index in [0.29, 0.717) is 0 Å². The highest BCUT2D eigenvalue weighted by Crippen LogP contribution is 2.19. The average Bonchev–Trinajstić information content (AvgIpc) is 2.70. The second kappa shape index (κ2) is 5.69. The predicted molar refractivity (Wildman–Crippen MR) is 76.3 cm³/mol. The molecule has 0 bridgehead atoms. The summed E-state index contributed by atoms with van der Waals surface area (Å²) in [6.07, 6.45) is 4.90. The third-order valence-electron chi connectivity index (χ3n) is 2.78. The van der Waals surface area contributed by atoms with E-state index in [4.69, 9.17) is 0 Å². The molecule has 0 radical (unpaired) electrons. The zero-order valence-electron chi connectivity index (χ0n) is 9.85. The molecule has 0 N–H and O–H groups in total. The van der Waals surface area contributed by atoms with Gasteiger partial charge in [-0.3, -0.25) is 9.36 Å². The number of aryl methyl sites for hydroxylation is 2. The molecule has 2 rings (SSSR count). The second-order valence-corrected chi connectivity index (χ2v) is 5.45. The van der Waals surface area contributed by atoms with Crippen LogP contribution in [0.5, 0.6) is 0 Å². The monoisotopic (exact) mass is 268 g/mol. The minimum absolute atomic E-state index is 0.0963. The van der Waals surface area contributed by atoms with Gasteiger partial charge in [-0.1, -0.05) is 6.42 Å². The Morgan fingerprint density at radius 3 is 3.00 bits per heavy atom. The predicted octanol–water partition coefficient (Wildman–Crippen LogP) is 2.87. The van der Waals surface area contributed by atoms with Gasteiger partial charge in [0.2, 0.25) is 0 Å². The Morgan fingerprint density at radius 1 is 1.41 bits per heavy atom. The first-order valence-corrected chi connectivity index (χ1v) is 7.29. The molecule has 0 amide bonds. The van der Waals surface area contributed by atoms with Crippen molar-refractivity contribution in [3.8, 4) is 0 Å². The highest BCUT2D eigenvalue weighted by Gasteiger charge is 2.07. The van der Waals surface area contributed by atoms with Gasteiger partial charge in [-0.15, -0.1) is 11.3 Å². The lowest BCUT2D eigenvalue weighted by Gasteiger charge is -2.04. The van der Waals surface area contributed by atoms with E-state index in [1.807, 2.05) is 12.3 Å². The molecule has 0 fully saturated rings. The van der Waals surface area contributed by atoms with Crippen LogP contribution in [0.15, 0.2) is 16.5 Å². The van der Waals surface area contributed by atoms with Crippen molar-refractivity contribution in [2.75, 3.05) is 5.75 Å². The molecule has 2 heterocycles. The molecular formula is C12H16N2OS2. The molecule has 0 saturated carbocycles. The Hall–Kier alpha value is -0.810. The third-order valence-corrected chi connectivity index (χ3v) is 4.17. The maximum Gasteiger partial charge on any atom is 0.271 e. The van der Waals surface area contributed by atoms with Crippen LogP contribution in [0.25, 0.3) is 10.2 Å². The number of hydrogen-bond donors (Lipinski definition) is 1. The Labute approximate surface area is 110 Å². The average molecular weight is 268 g/mol. The summed E-state index contributed by atoms with van der Waals surface area (Å²) in [6.45, 7) is 2.74. The van der Waals surface area contributed by atoms with E-state index in [9.17, 15) is 4.79 Å². The molecule has 0 aliphatic rings. The molecule has 0 aromatic carbocycles. The van der Waals surface area contributed by atoms with E-state index in [1.54, 1.807) is 10.9 Å². The number of nitrogens with zero attached hydrogens (tertiary/aromatic N) is 2. The fourth-order valence-corrected chi connectivity index (χ4v) is 2.96. The summed E-state index contributed by atoms with van der Waals surface area (Å²) in [4.78, 5) is 16.5. The van der Waals surface area contributed by atoms with Gasteiger partial charge in [0.25, 0.3) is 5.56 Å². The summed E-state index contributed by atoms with van der Waals surface area (Å²) in [5.41, 5.74) is 2.04. The van der Waals surface area contributed by atoms with E-state index >= 15 is 0 Å². The molecular weight excluding hydrogens is 252 g/mol. The summed E-state index contributed by atoms with van der Waals surface area (Å²) in [5, 5.41) is 1.99. The van der Waals surface area contributed by atoms with Crippen molar-refractivity contribution in [2.24, 2.45) is 0 Å². The van der Waals surface area contributed by atoms with Crippen LogP contribution in [-0.2, 0) is 6.54 Å². The van der Waals surface area contributed by atoms with Crippen molar-refractivity contribution in [1.29, 1.82) is 0 Å². The van der Waals surface area contributed by atoms with E-state index < -0.39 is 0 Å². The van der Waals surface area contributed by atoms with Gasteiger partial charge in [0, 0.05) is 6.54 Å². The van der Waals surface area contributed by atoms with Gasteiger partial charge in [0.15, 0.2) is 0 Å². The number of fused-ring (bicyclic) bond motifs is 1.